The molecule has 0 spiro atoms. The summed E-state index contributed by atoms with van der Waals surface area (Å²) in [5, 5.41) is 3.76. The molecular formula is C15H25N3S. The number of likely N-dealkylation sites (N-methyl/N-ethyl adjacent to an activating group) is 1. The molecule has 1 aromatic rings. The molecule has 1 aromatic heterocycles. The molecule has 0 aromatic carbocycles. The Balaban J connectivity index is 2.32. The first-order valence-electron chi connectivity index (χ1n) is 7.44. The first-order valence-corrected chi connectivity index (χ1v) is 8.49. The molecule has 0 radical (unpaired) electrons. The van der Waals surface area contributed by atoms with Gasteiger partial charge in [0, 0.05) is 11.4 Å². The first kappa shape index (κ1) is 14.8. The molecular weight excluding hydrogens is 254 g/mol. The summed E-state index contributed by atoms with van der Waals surface area (Å²) in [5.74, 6) is 2.35. The molecule has 0 saturated carbocycles. The third-order valence-electron chi connectivity index (χ3n) is 3.71. The van der Waals surface area contributed by atoms with Gasteiger partial charge in [0.05, 0.1) is 5.25 Å². The highest BCUT2D eigenvalue weighted by atomic mass is 32.2. The van der Waals surface area contributed by atoms with Crippen LogP contribution in [0.1, 0.15) is 54.7 Å². The predicted molar refractivity (Wildman–Crippen MR) is 82.9 cm³/mol. The van der Waals surface area contributed by atoms with Crippen LogP contribution in [0, 0.1) is 0 Å². The van der Waals surface area contributed by atoms with Crippen molar-refractivity contribution in [3.63, 3.8) is 0 Å². The number of nitrogens with zero attached hydrogens (tertiary/aromatic N) is 2. The molecule has 1 unspecified atom stereocenters. The molecule has 0 aliphatic carbocycles. The monoisotopic (exact) mass is 279 g/mol. The summed E-state index contributed by atoms with van der Waals surface area (Å²) in [6.45, 7) is 5.41. The van der Waals surface area contributed by atoms with Crippen molar-refractivity contribution >= 4 is 11.8 Å². The molecule has 1 aliphatic heterocycles. The number of rotatable bonds is 6. The first-order chi connectivity index (χ1) is 9.30. The number of hydrogen-bond acceptors (Lipinski definition) is 4. The lowest BCUT2D eigenvalue weighted by Gasteiger charge is -2.16. The zero-order valence-electron chi connectivity index (χ0n) is 12.3. The second kappa shape index (κ2) is 7.25. The molecule has 1 aliphatic rings. The van der Waals surface area contributed by atoms with E-state index in [1.165, 1.54) is 35.5 Å². The summed E-state index contributed by atoms with van der Waals surface area (Å²) in [5.41, 5.74) is 3.92. The van der Waals surface area contributed by atoms with Gasteiger partial charge < -0.3 is 5.32 Å². The van der Waals surface area contributed by atoms with Crippen molar-refractivity contribution in [1.82, 2.24) is 15.3 Å². The molecule has 1 N–H and O–H groups in total. The number of nitrogens with one attached hydrogen (secondary N) is 1. The van der Waals surface area contributed by atoms with Crippen molar-refractivity contribution in [2.24, 2.45) is 0 Å². The van der Waals surface area contributed by atoms with E-state index in [-0.39, 0.29) is 0 Å². The number of aryl methyl sites for hydroxylation is 2. The summed E-state index contributed by atoms with van der Waals surface area (Å²) >= 11 is 2.02. The van der Waals surface area contributed by atoms with Crippen LogP contribution < -0.4 is 5.32 Å². The maximum atomic E-state index is 4.87. The van der Waals surface area contributed by atoms with Gasteiger partial charge in [-0.3, -0.25) is 0 Å². The Kier molecular flexibility index (Phi) is 5.64. The van der Waals surface area contributed by atoms with Crippen molar-refractivity contribution < 1.29 is 0 Å². The second-order valence-electron chi connectivity index (χ2n) is 5.02. The van der Waals surface area contributed by atoms with E-state index in [2.05, 4.69) is 19.2 Å². The molecule has 1 atom stereocenters. The Morgan fingerprint density at radius 2 is 1.89 bits per heavy atom. The third-order valence-corrected chi connectivity index (χ3v) is 5.08. The fraction of sp³-hybridized carbons (Fsp3) is 0.733. The van der Waals surface area contributed by atoms with Gasteiger partial charge in [0.25, 0.3) is 0 Å². The molecule has 4 heteroatoms. The highest BCUT2D eigenvalue weighted by molar-refractivity contribution is 7.99. The lowest BCUT2D eigenvalue weighted by Crippen LogP contribution is -2.16. The Hall–Kier alpha value is -0.610. The third kappa shape index (κ3) is 3.48. The molecule has 1 saturated heterocycles. The van der Waals surface area contributed by atoms with E-state index < -0.39 is 0 Å². The number of aromatic nitrogens is 2. The molecule has 19 heavy (non-hydrogen) atoms. The van der Waals surface area contributed by atoms with Gasteiger partial charge in [0.1, 0.15) is 5.82 Å². The largest absolute Gasteiger partial charge is 0.319 e. The highest BCUT2D eigenvalue weighted by Gasteiger charge is 2.22. The van der Waals surface area contributed by atoms with Gasteiger partial charge in [-0.2, -0.15) is 11.8 Å². The van der Waals surface area contributed by atoms with Crippen LogP contribution in [-0.2, 0) is 19.3 Å². The van der Waals surface area contributed by atoms with Gasteiger partial charge in [0.15, 0.2) is 0 Å². The quantitative estimate of drug-likeness (QED) is 0.869. The maximum Gasteiger partial charge on any atom is 0.141 e. The summed E-state index contributed by atoms with van der Waals surface area (Å²) < 4.78 is 0. The fourth-order valence-corrected chi connectivity index (χ4v) is 3.86. The van der Waals surface area contributed by atoms with E-state index in [1.54, 1.807) is 0 Å². The molecule has 0 bridgehead atoms. The minimum atomic E-state index is 0.536. The van der Waals surface area contributed by atoms with Crippen molar-refractivity contribution in [3.05, 3.63) is 22.8 Å². The Bertz CT molecular complexity index is 389. The Morgan fingerprint density at radius 1 is 1.21 bits per heavy atom. The zero-order chi connectivity index (χ0) is 13.7. The lowest BCUT2D eigenvalue weighted by atomic mass is 10.0. The van der Waals surface area contributed by atoms with E-state index in [4.69, 9.17) is 9.97 Å². The van der Waals surface area contributed by atoms with E-state index in [9.17, 15) is 0 Å². The molecule has 2 heterocycles. The molecule has 1 fully saturated rings. The van der Waals surface area contributed by atoms with E-state index in [0.29, 0.717) is 5.25 Å². The van der Waals surface area contributed by atoms with Crippen LogP contribution in [0.15, 0.2) is 0 Å². The van der Waals surface area contributed by atoms with Gasteiger partial charge in [0.2, 0.25) is 0 Å². The minimum Gasteiger partial charge on any atom is -0.319 e. The van der Waals surface area contributed by atoms with Crippen LogP contribution >= 0.6 is 11.8 Å². The van der Waals surface area contributed by atoms with Crippen LogP contribution in [0.3, 0.4) is 0 Å². The average Bonchev–Trinajstić information content (AvgIpc) is 2.98. The minimum absolute atomic E-state index is 0.536. The van der Waals surface area contributed by atoms with Gasteiger partial charge >= 0.3 is 0 Å². The normalized spacial score (nSPS) is 19.0. The van der Waals surface area contributed by atoms with Crippen molar-refractivity contribution in [1.29, 1.82) is 0 Å². The van der Waals surface area contributed by atoms with E-state index >= 15 is 0 Å². The molecule has 106 valence electrons. The zero-order valence-corrected chi connectivity index (χ0v) is 13.1. The topological polar surface area (TPSA) is 37.8 Å². The summed E-state index contributed by atoms with van der Waals surface area (Å²) in [7, 11) is 2.00. The predicted octanol–water partition coefficient (Wildman–Crippen LogP) is 2.93. The van der Waals surface area contributed by atoms with Crippen LogP contribution in [0.4, 0.5) is 0 Å². The molecule has 0 amide bonds. The van der Waals surface area contributed by atoms with E-state index in [0.717, 1.165) is 31.6 Å². The average molecular weight is 279 g/mol. The Labute approximate surface area is 121 Å². The van der Waals surface area contributed by atoms with Gasteiger partial charge in [-0.25, -0.2) is 9.97 Å². The van der Waals surface area contributed by atoms with Gasteiger partial charge in [-0.1, -0.05) is 13.8 Å². The summed E-state index contributed by atoms with van der Waals surface area (Å²) in [4.78, 5) is 9.75. The van der Waals surface area contributed by atoms with Gasteiger partial charge in [-0.15, -0.1) is 0 Å². The van der Waals surface area contributed by atoms with Crippen LogP contribution in [0.25, 0.3) is 0 Å². The van der Waals surface area contributed by atoms with Crippen LogP contribution in [0.5, 0.6) is 0 Å². The number of thioether (sulfide) groups is 1. The smallest absolute Gasteiger partial charge is 0.141 e. The van der Waals surface area contributed by atoms with Gasteiger partial charge in [-0.05, 0) is 57.0 Å². The molecule has 2 rings (SSSR count). The van der Waals surface area contributed by atoms with Crippen LogP contribution in [0.2, 0.25) is 0 Å². The second-order valence-corrected chi connectivity index (χ2v) is 6.33. The standard InChI is InChI=1S/C15H25N3S/c1-4-12-11(8-9-16-3)13(5-2)18-15(17-12)14-7-6-10-19-14/h14,16H,4-10H2,1-3H3. The SMILES string of the molecule is CCc1nc(C2CCCS2)nc(CC)c1CCNC. The van der Waals surface area contributed by atoms with Crippen LogP contribution in [-0.4, -0.2) is 29.3 Å². The maximum absolute atomic E-state index is 4.87. The molecule has 3 nitrogen and oxygen atoms in total. The summed E-state index contributed by atoms with van der Waals surface area (Å²) in [6.07, 6.45) is 5.62. The fourth-order valence-electron chi connectivity index (χ4n) is 2.65. The highest BCUT2D eigenvalue weighted by Crippen LogP contribution is 2.38. The van der Waals surface area contributed by atoms with Crippen molar-refractivity contribution in [2.75, 3.05) is 19.3 Å². The van der Waals surface area contributed by atoms with Crippen molar-refractivity contribution in [3.8, 4) is 0 Å². The van der Waals surface area contributed by atoms with E-state index in [1.807, 2.05) is 18.8 Å². The summed E-state index contributed by atoms with van der Waals surface area (Å²) in [6, 6.07) is 0. The Morgan fingerprint density at radius 3 is 2.37 bits per heavy atom. The number of hydrogen-bond donors (Lipinski definition) is 1. The van der Waals surface area contributed by atoms with Crippen molar-refractivity contribution in [2.45, 2.75) is 51.2 Å². The lowest BCUT2D eigenvalue weighted by molar-refractivity contribution is 0.720.